The van der Waals surface area contributed by atoms with Crippen LogP contribution >= 0.6 is 11.3 Å². The van der Waals surface area contributed by atoms with Gasteiger partial charge in [0.15, 0.2) is 0 Å². The molecular formula is C26H35FN2O3S. The van der Waals surface area contributed by atoms with Gasteiger partial charge in [0.05, 0.1) is 19.2 Å². The van der Waals surface area contributed by atoms with Crippen molar-refractivity contribution >= 4 is 23.2 Å². The normalized spacial score (nSPS) is 15.5. The zero-order valence-corrected chi connectivity index (χ0v) is 20.3. The number of rotatable bonds is 13. The maximum atomic E-state index is 13.4. The summed E-state index contributed by atoms with van der Waals surface area (Å²) >= 11 is 1.59. The Morgan fingerprint density at radius 3 is 2.55 bits per heavy atom. The van der Waals surface area contributed by atoms with Gasteiger partial charge in [0.2, 0.25) is 11.8 Å². The quantitative estimate of drug-likeness (QED) is 0.366. The van der Waals surface area contributed by atoms with Gasteiger partial charge < -0.3 is 14.5 Å². The van der Waals surface area contributed by atoms with Crippen LogP contribution in [0, 0.1) is 5.82 Å². The van der Waals surface area contributed by atoms with E-state index in [4.69, 9.17) is 4.74 Å². The Morgan fingerprint density at radius 1 is 1.06 bits per heavy atom. The first kappa shape index (κ1) is 25.4. The Kier molecular flexibility index (Phi) is 10.3. The molecule has 3 rings (SSSR count). The highest BCUT2D eigenvalue weighted by atomic mass is 32.1. The molecule has 0 N–H and O–H groups in total. The number of amides is 2. The molecule has 33 heavy (non-hydrogen) atoms. The predicted octanol–water partition coefficient (Wildman–Crippen LogP) is 5.39. The number of hydrogen-bond donors (Lipinski definition) is 0. The van der Waals surface area contributed by atoms with Crippen LogP contribution in [0.25, 0.3) is 0 Å². The number of nitrogens with zero attached hydrogens (tertiary/aromatic N) is 2. The van der Waals surface area contributed by atoms with Gasteiger partial charge in [-0.1, -0.05) is 44.4 Å². The van der Waals surface area contributed by atoms with Crippen LogP contribution < -0.4 is 0 Å². The van der Waals surface area contributed by atoms with Gasteiger partial charge in [0, 0.05) is 31.0 Å². The molecule has 1 aliphatic heterocycles. The first-order chi connectivity index (χ1) is 16.0. The number of hydrogen-bond acceptors (Lipinski definition) is 4. The molecule has 0 saturated carbocycles. The van der Waals surface area contributed by atoms with Crippen molar-refractivity contribution < 1.29 is 18.7 Å². The van der Waals surface area contributed by atoms with Crippen molar-refractivity contribution in [2.24, 2.45) is 0 Å². The highest BCUT2D eigenvalue weighted by Crippen LogP contribution is 2.18. The van der Waals surface area contributed by atoms with E-state index in [0.29, 0.717) is 32.7 Å². The SMILES string of the molecule is CCCCCCC(=O)N(CC(=O)N(Cc1ccc(F)cc1)Cc1cccs1)CC1CCCO1. The summed E-state index contributed by atoms with van der Waals surface area (Å²) in [5.74, 6) is -0.383. The molecule has 1 saturated heterocycles. The summed E-state index contributed by atoms with van der Waals surface area (Å²) in [6, 6.07) is 10.2. The van der Waals surface area contributed by atoms with Crippen molar-refractivity contribution in [1.29, 1.82) is 0 Å². The molecular weight excluding hydrogens is 439 g/mol. The highest BCUT2D eigenvalue weighted by molar-refractivity contribution is 7.09. The van der Waals surface area contributed by atoms with Crippen LogP contribution in [0.15, 0.2) is 41.8 Å². The summed E-state index contributed by atoms with van der Waals surface area (Å²) in [6.45, 7) is 4.20. The van der Waals surface area contributed by atoms with Crippen LogP contribution in [0.5, 0.6) is 0 Å². The minimum absolute atomic E-state index is 0.000219. The van der Waals surface area contributed by atoms with E-state index in [2.05, 4.69) is 6.92 Å². The molecule has 0 radical (unpaired) electrons. The number of halogens is 1. The van der Waals surface area contributed by atoms with Gasteiger partial charge in [-0.2, -0.15) is 0 Å². The number of carbonyl (C=O) groups excluding carboxylic acids is 2. The number of ether oxygens (including phenoxy) is 1. The lowest BCUT2D eigenvalue weighted by Gasteiger charge is -2.29. The number of unbranched alkanes of at least 4 members (excludes halogenated alkanes) is 3. The third-order valence-electron chi connectivity index (χ3n) is 5.94. The fraction of sp³-hybridized carbons (Fsp3) is 0.538. The summed E-state index contributed by atoms with van der Waals surface area (Å²) in [6.07, 6.45) is 6.48. The van der Waals surface area contributed by atoms with Gasteiger partial charge in [0.25, 0.3) is 0 Å². The molecule has 7 heteroatoms. The summed E-state index contributed by atoms with van der Waals surface area (Å²) in [4.78, 5) is 31.0. The molecule has 1 aromatic carbocycles. The molecule has 1 atom stereocenters. The van der Waals surface area contributed by atoms with Gasteiger partial charge >= 0.3 is 0 Å². The predicted molar refractivity (Wildman–Crippen MR) is 129 cm³/mol. The lowest BCUT2D eigenvalue weighted by Crippen LogP contribution is -2.45. The third-order valence-corrected chi connectivity index (χ3v) is 6.80. The minimum atomic E-state index is -0.300. The molecule has 2 heterocycles. The fourth-order valence-corrected chi connectivity index (χ4v) is 4.77. The van der Waals surface area contributed by atoms with E-state index >= 15 is 0 Å². The topological polar surface area (TPSA) is 49.9 Å². The summed E-state index contributed by atoms with van der Waals surface area (Å²) in [7, 11) is 0. The van der Waals surface area contributed by atoms with Gasteiger partial charge in [-0.3, -0.25) is 9.59 Å². The Labute approximate surface area is 200 Å². The van der Waals surface area contributed by atoms with Crippen LogP contribution in [-0.2, 0) is 27.4 Å². The van der Waals surface area contributed by atoms with Gasteiger partial charge in [-0.15, -0.1) is 11.3 Å². The number of thiophene rings is 1. The highest BCUT2D eigenvalue weighted by Gasteiger charge is 2.26. The fourth-order valence-electron chi connectivity index (χ4n) is 4.05. The standard InChI is InChI=1S/C26H35FN2O3S/c1-2-3-4-5-10-25(30)29(18-23-8-6-15-32-23)20-26(31)28(19-24-9-7-16-33-24)17-21-11-13-22(27)14-12-21/h7,9,11-14,16,23H,2-6,8,10,15,17-20H2,1H3. The molecule has 2 aromatic rings. The molecule has 1 fully saturated rings. The van der Waals surface area contributed by atoms with E-state index in [-0.39, 0.29) is 30.3 Å². The van der Waals surface area contributed by atoms with Crippen LogP contribution in [0.4, 0.5) is 4.39 Å². The first-order valence-electron chi connectivity index (χ1n) is 12.0. The summed E-state index contributed by atoms with van der Waals surface area (Å²) < 4.78 is 19.1. The lowest BCUT2D eigenvalue weighted by molar-refractivity contribution is -0.142. The molecule has 1 unspecified atom stereocenters. The van der Waals surface area contributed by atoms with Gasteiger partial charge in [-0.05, 0) is 48.4 Å². The molecule has 1 aromatic heterocycles. The van der Waals surface area contributed by atoms with Gasteiger partial charge in [-0.25, -0.2) is 4.39 Å². The minimum Gasteiger partial charge on any atom is -0.376 e. The van der Waals surface area contributed by atoms with Crippen LogP contribution in [0.2, 0.25) is 0 Å². The second-order valence-electron chi connectivity index (χ2n) is 8.68. The molecule has 1 aliphatic rings. The maximum absolute atomic E-state index is 13.4. The van der Waals surface area contributed by atoms with Crippen molar-refractivity contribution in [3.8, 4) is 0 Å². The van der Waals surface area contributed by atoms with Crippen molar-refractivity contribution in [3.05, 3.63) is 58.0 Å². The van der Waals surface area contributed by atoms with Crippen molar-refractivity contribution in [2.45, 2.75) is 71.1 Å². The molecule has 0 bridgehead atoms. The molecule has 0 aliphatic carbocycles. The van der Waals surface area contributed by atoms with Crippen LogP contribution in [0.3, 0.4) is 0 Å². The monoisotopic (exact) mass is 474 g/mol. The van der Waals surface area contributed by atoms with E-state index in [1.54, 1.807) is 33.3 Å². The Morgan fingerprint density at radius 2 is 1.88 bits per heavy atom. The second-order valence-corrected chi connectivity index (χ2v) is 9.71. The lowest BCUT2D eigenvalue weighted by atomic mass is 10.1. The van der Waals surface area contributed by atoms with Crippen molar-refractivity contribution in [1.82, 2.24) is 9.80 Å². The molecule has 0 spiro atoms. The molecule has 2 amide bonds. The average molecular weight is 475 g/mol. The van der Waals surface area contributed by atoms with E-state index in [0.717, 1.165) is 49.0 Å². The molecule has 180 valence electrons. The van der Waals surface area contributed by atoms with E-state index in [9.17, 15) is 14.0 Å². The zero-order valence-electron chi connectivity index (χ0n) is 19.5. The smallest absolute Gasteiger partial charge is 0.242 e. The largest absolute Gasteiger partial charge is 0.376 e. The number of carbonyl (C=O) groups is 2. The van der Waals surface area contributed by atoms with Gasteiger partial charge in [0.1, 0.15) is 5.82 Å². The third kappa shape index (κ3) is 8.55. The second kappa shape index (κ2) is 13.5. The zero-order chi connectivity index (χ0) is 23.5. The van der Waals surface area contributed by atoms with Crippen LogP contribution in [0.1, 0.15) is 62.3 Å². The Hall–Kier alpha value is -2.25. The van der Waals surface area contributed by atoms with Crippen molar-refractivity contribution in [3.63, 3.8) is 0 Å². The molecule has 5 nitrogen and oxygen atoms in total. The number of benzene rings is 1. The van der Waals surface area contributed by atoms with Crippen LogP contribution in [-0.4, -0.2) is 47.4 Å². The Bertz CT molecular complexity index is 851. The van der Waals surface area contributed by atoms with E-state index in [1.165, 1.54) is 12.1 Å². The van der Waals surface area contributed by atoms with E-state index < -0.39 is 0 Å². The van der Waals surface area contributed by atoms with Crippen molar-refractivity contribution in [2.75, 3.05) is 19.7 Å². The Balaban J connectivity index is 1.69. The first-order valence-corrected chi connectivity index (χ1v) is 12.9. The summed E-state index contributed by atoms with van der Waals surface area (Å²) in [5, 5.41) is 1.99. The maximum Gasteiger partial charge on any atom is 0.242 e. The van der Waals surface area contributed by atoms with E-state index in [1.807, 2.05) is 17.5 Å². The average Bonchev–Trinajstić information content (AvgIpc) is 3.51. The summed E-state index contributed by atoms with van der Waals surface area (Å²) in [5.41, 5.74) is 0.859.